The van der Waals surface area contributed by atoms with Crippen LogP contribution in [0.1, 0.15) is 0 Å². The topological polar surface area (TPSA) is 88.6 Å². The Kier molecular flexibility index (Phi) is 6.48. The molecule has 2 aromatic carbocycles. The Bertz CT molecular complexity index is 1070. The van der Waals surface area contributed by atoms with Gasteiger partial charge in [-0.3, -0.25) is 9.78 Å². The molecule has 1 amide bonds. The van der Waals surface area contributed by atoms with Crippen molar-refractivity contribution in [2.75, 3.05) is 18.9 Å². The summed E-state index contributed by atoms with van der Waals surface area (Å²) < 4.78 is 31.7. The molecule has 0 radical (unpaired) electrons. The number of amides is 1. The number of likely N-dealkylation sites (N-methyl/N-ethyl adjacent to an activating group) is 1. The van der Waals surface area contributed by atoms with Crippen molar-refractivity contribution in [1.82, 2.24) is 9.29 Å². The van der Waals surface area contributed by atoms with Crippen molar-refractivity contribution >= 4 is 33.2 Å². The zero-order valence-electron chi connectivity index (χ0n) is 15.4. The molecular formula is C20H18ClN3O4S. The minimum atomic E-state index is -3.80. The van der Waals surface area contributed by atoms with Crippen molar-refractivity contribution in [3.05, 3.63) is 78.1 Å². The van der Waals surface area contributed by atoms with E-state index in [9.17, 15) is 13.2 Å². The van der Waals surface area contributed by atoms with Gasteiger partial charge in [0.05, 0.1) is 11.4 Å². The fourth-order valence-corrected chi connectivity index (χ4v) is 3.68. The molecule has 29 heavy (non-hydrogen) atoms. The molecule has 0 bridgehead atoms. The van der Waals surface area contributed by atoms with Gasteiger partial charge in [-0.15, -0.1) is 0 Å². The fourth-order valence-electron chi connectivity index (χ4n) is 2.42. The molecule has 9 heteroatoms. The number of benzene rings is 2. The van der Waals surface area contributed by atoms with E-state index in [1.54, 1.807) is 48.8 Å². The fraction of sp³-hybridized carbons (Fsp3) is 0.100. The third-order valence-corrected chi connectivity index (χ3v) is 5.98. The van der Waals surface area contributed by atoms with Gasteiger partial charge in [-0.1, -0.05) is 11.6 Å². The second kappa shape index (κ2) is 9.04. The van der Waals surface area contributed by atoms with Gasteiger partial charge in [-0.05, 0) is 60.7 Å². The van der Waals surface area contributed by atoms with Gasteiger partial charge in [0.25, 0.3) is 0 Å². The summed E-state index contributed by atoms with van der Waals surface area (Å²) in [5.41, 5.74) is 0.523. The van der Waals surface area contributed by atoms with Gasteiger partial charge in [0.2, 0.25) is 15.9 Å². The summed E-state index contributed by atoms with van der Waals surface area (Å²) in [6.45, 7) is -0.333. The van der Waals surface area contributed by atoms with E-state index in [1.807, 2.05) is 0 Å². The Morgan fingerprint density at radius 3 is 2.21 bits per heavy atom. The van der Waals surface area contributed by atoms with Gasteiger partial charge >= 0.3 is 0 Å². The van der Waals surface area contributed by atoms with Crippen molar-refractivity contribution in [3.63, 3.8) is 0 Å². The zero-order valence-corrected chi connectivity index (χ0v) is 17.0. The average Bonchev–Trinajstić information content (AvgIpc) is 2.70. The molecule has 0 aliphatic rings. The highest BCUT2D eigenvalue weighted by atomic mass is 35.5. The van der Waals surface area contributed by atoms with Gasteiger partial charge in [-0.2, -0.15) is 4.31 Å². The molecule has 0 spiro atoms. The first kappa shape index (κ1) is 20.8. The minimum absolute atomic E-state index is 0.0646. The lowest BCUT2D eigenvalue weighted by molar-refractivity contribution is -0.116. The number of sulfonamides is 1. The van der Waals surface area contributed by atoms with Crippen LogP contribution in [0, 0.1) is 0 Å². The number of hydrogen-bond acceptors (Lipinski definition) is 5. The molecule has 0 aliphatic carbocycles. The molecule has 1 heterocycles. The summed E-state index contributed by atoms with van der Waals surface area (Å²) in [6.07, 6.45) is 3.25. The second-order valence-electron chi connectivity index (χ2n) is 6.07. The van der Waals surface area contributed by atoms with E-state index < -0.39 is 15.9 Å². The van der Waals surface area contributed by atoms with Crippen LogP contribution in [0.25, 0.3) is 0 Å². The Morgan fingerprint density at radius 1 is 1.00 bits per heavy atom. The van der Waals surface area contributed by atoms with Crippen molar-refractivity contribution < 1.29 is 17.9 Å². The molecule has 150 valence electrons. The molecule has 1 aromatic heterocycles. The van der Waals surface area contributed by atoms with Gasteiger partial charge in [0.1, 0.15) is 11.5 Å². The number of anilines is 1. The molecular weight excluding hydrogens is 414 g/mol. The predicted molar refractivity (Wildman–Crippen MR) is 111 cm³/mol. The van der Waals surface area contributed by atoms with Crippen LogP contribution >= 0.6 is 11.6 Å². The first-order valence-corrected chi connectivity index (χ1v) is 10.4. The number of ether oxygens (including phenoxy) is 1. The summed E-state index contributed by atoms with van der Waals surface area (Å²) in [5, 5.41) is 3.10. The number of pyridine rings is 1. The first-order chi connectivity index (χ1) is 13.8. The Balaban J connectivity index is 1.59. The van der Waals surface area contributed by atoms with Crippen LogP contribution in [-0.4, -0.2) is 37.2 Å². The van der Waals surface area contributed by atoms with Crippen LogP contribution in [0.2, 0.25) is 5.02 Å². The number of hydrogen-bond donors (Lipinski definition) is 1. The normalized spacial score (nSPS) is 11.3. The Morgan fingerprint density at radius 2 is 1.59 bits per heavy atom. The van der Waals surface area contributed by atoms with Gasteiger partial charge < -0.3 is 10.1 Å². The smallest absolute Gasteiger partial charge is 0.243 e. The van der Waals surface area contributed by atoms with Crippen LogP contribution < -0.4 is 10.1 Å². The highest BCUT2D eigenvalue weighted by molar-refractivity contribution is 7.89. The lowest BCUT2D eigenvalue weighted by Gasteiger charge is -2.17. The highest BCUT2D eigenvalue weighted by Crippen LogP contribution is 2.22. The molecule has 0 atom stereocenters. The maximum absolute atomic E-state index is 12.5. The monoisotopic (exact) mass is 431 g/mol. The summed E-state index contributed by atoms with van der Waals surface area (Å²) >= 11 is 5.79. The van der Waals surface area contributed by atoms with Gasteiger partial charge in [-0.25, -0.2) is 8.42 Å². The van der Waals surface area contributed by atoms with Crippen LogP contribution in [0.5, 0.6) is 11.5 Å². The maximum atomic E-state index is 12.5. The first-order valence-electron chi connectivity index (χ1n) is 8.54. The SMILES string of the molecule is CN(CC(=O)Nc1ccc(Oc2ccncc2)cc1)S(=O)(=O)c1ccc(Cl)cc1. The number of nitrogens with zero attached hydrogens (tertiary/aromatic N) is 2. The second-order valence-corrected chi connectivity index (χ2v) is 8.55. The quantitative estimate of drug-likeness (QED) is 0.614. The zero-order chi connectivity index (χ0) is 20.9. The third-order valence-electron chi connectivity index (χ3n) is 3.91. The lowest BCUT2D eigenvalue weighted by atomic mass is 10.3. The summed E-state index contributed by atoms with van der Waals surface area (Å²) in [6, 6.07) is 16.0. The van der Waals surface area contributed by atoms with E-state index in [-0.39, 0.29) is 11.4 Å². The van der Waals surface area contributed by atoms with Crippen LogP contribution in [0.4, 0.5) is 5.69 Å². The standard InChI is InChI=1S/C20H18ClN3O4S/c1-24(29(26,27)19-8-2-15(21)3-9-19)14-20(25)23-16-4-6-17(7-5-16)28-18-10-12-22-13-11-18/h2-13H,14H2,1H3,(H,23,25). The summed E-state index contributed by atoms with van der Waals surface area (Å²) in [7, 11) is -2.45. The van der Waals surface area contributed by atoms with E-state index in [0.29, 0.717) is 22.2 Å². The van der Waals surface area contributed by atoms with E-state index in [0.717, 1.165) is 4.31 Å². The van der Waals surface area contributed by atoms with Crippen LogP contribution in [0.15, 0.2) is 78.0 Å². The number of carbonyl (C=O) groups is 1. The molecule has 0 unspecified atom stereocenters. The van der Waals surface area contributed by atoms with Crippen molar-refractivity contribution in [2.45, 2.75) is 4.90 Å². The third kappa shape index (κ3) is 5.54. The maximum Gasteiger partial charge on any atom is 0.243 e. The minimum Gasteiger partial charge on any atom is -0.457 e. The number of halogens is 1. The number of rotatable bonds is 7. The largest absolute Gasteiger partial charge is 0.457 e. The Hall–Kier alpha value is -2.94. The number of nitrogens with one attached hydrogen (secondary N) is 1. The molecule has 0 aliphatic heterocycles. The van der Waals surface area contributed by atoms with Crippen molar-refractivity contribution in [2.24, 2.45) is 0 Å². The van der Waals surface area contributed by atoms with Gasteiger partial charge in [0, 0.05) is 30.2 Å². The van der Waals surface area contributed by atoms with Crippen LogP contribution in [-0.2, 0) is 14.8 Å². The van der Waals surface area contributed by atoms with E-state index in [4.69, 9.17) is 16.3 Å². The summed E-state index contributed by atoms with van der Waals surface area (Å²) in [4.78, 5) is 16.2. The molecule has 1 N–H and O–H groups in total. The predicted octanol–water partition coefficient (Wildman–Crippen LogP) is 3.79. The average molecular weight is 432 g/mol. The molecule has 7 nitrogen and oxygen atoms in total. The van der Waals surface area contributed by atoms with E-state index in [1.165, 1.54) is 31.3 Å². The molecule has 3 rings (SSSR count). The van der Waals surface area contributed by atoms with Crippen molar-refractivity contribution in [1.29, 1.82) is 0 Å². The molecule has 0 saturated carbocycles. The highest BCUT2D eigenvalue weighted by Gasteiger charge is 2.22. The molecule has 0 fully saturated rings. The number of carbonyl (C=O) groups excluding carboxylic acids is 1. The lowest BCUT2D eigenvalue weighted by Crippen LogP contribution is -2.34. The number of aromatic nitrogens is 1. The molecule has 3 aromatic rings. The van der Waals surface area contributed by atoms with Crippen molar-refractivity contribution in [3.8, 4) is 11.5 Å². The van der Waals surface area contributed by atoms with E-state index in [2.05, 4.69) is 10.3 Å². The van der Waals surface area contributed by atoms with E-state index >= 15 is 0 Å². The van der Waals surface area contributed by atoms with Crippen LogP contribution in [0.3, 0.4) is 0 Å². The summed E-state index contributed by atoms with van der Waals surface area (Å²) in [5.74, 6) is 0.773. The Labute approximate surface area is 174 Å². The van der Waals surface area contributed by atoms with Gasteiger partial charge in [0.15, 0.2) is 0 Å². The molecule has 0 saturated heterocycles.